The minimum Gasteiger partial charge on any atom is -0.459 e. The number of amides is 2. The lowest BCUT2D eigenvalue weighted by atomic mass is 9.85. The number of nitrogens with one attached hydrogen (secondary N) is 2. The smallest absolute Gasteiger partial charge is 0.405 e. The Morgan fingerprint density at radius 1 is 0.915 bits per heavy atom. The number of rotatable bonds is 21. The number of ether oxygens (including phenoxy) is 4. The predicted octanol–water partition coefficient (Wildman–Crippen LogP) is 8.57. The van der Waals surface area contributed by atoms with E-state index in [0.717, 1.165) is 25.3 Å². The van der Waals surface area contributed by atoms with Gasteiger partial charge in [-0.2, -0.15) is 0 Å². The summed E-state index contributed by atoms with van der Waals surface area (Å²) >= 11 is 0. The third kappa shape index (κ3) is 18.2. The molecule has 0 saturated heterocycles. The quantitative estimate of drug-likeness (QED) is 0.0441. The van der Waals surface area contributed by atoms with Gasteiger partial charge >= 0.3 is 12.1 Å². The number of methoxy groups -OCH3 is 2. The van der Waals surface area contributed by atoms with Gasteiger partial charge in [0.25, 0.3) is 5.91 Å². The highest BCUT2D eigenvalue weighted by Gasteiger charge is 2.35. The molecule has 12 nitrogen and oxygen atoms in total. The third-order valence-corrected chi connectivity index (χ3v) is 10.9. The first-order chi connectivity index (χ1) is 28.3. The highest BCUT2D eigenvalue weighted by atomic mass is 16.6. The van der Waals surface area contributed by atoms with E-state index in [4.69, 9.17) is 24.7 Å². The van der Waals surface area contributed by atoms with Crippen LogP contribution in [0.5, 0.6) is 0 Å². The van der Waals surface area contributed by atoms with E-state index in [1.165, 1.54) is 71.0 Å². The van der Waals surface area contributed by atoms with Crippen LogP contribution in [0.15, 0.2) is 71.1 Å². The summed E-state index contributed by atoms with van der Waals surface area (Å²) in [4.78, 5) is 66.2. The summed E-state index contributed by atoms with van der Waals surface area (Å²) in [6.07, 6.45) is 21.4. The summed E-state index contributed by atoms with van der Waals surface area (Å²) in [5, 5.41) is 5.63. The highest BCUT2D eigenvalue weighted by Crippen LogP contribution is 2.30. The van der Waals surface area contributed by atoms with Crippen molar-refractivity contribution in [2.24, 2.45) is 17.6 Å². The lowest BCUT2D eigenvalue weighted by molar-refractivity contribution is -0.160. The van der Waals surface area contributed by atoms with E-state index < -0.39 is 53.9 Å². The van der Waals surface area contributed by atoms with E-state index in [-0.39, 0.29) is 53.8 Å². The van der Waals surface area contributed by atoms with E-state index >= 15 is 0 Å². The zero-order valence-corrected chi connectivity index (χ0v) is 36.9. The number of unbranched alkanes of at least 4 members (excludes halogenated alkanes) is 12. The maximum Gasteiger partial charge on any atom is 0.405 e. The fraction of sp³-hybridized carbons (Fsp3) is 0.638. The maximum atomic E-state index is 13.9. The molecule has 0 unspecified atom stereocenters. The van der Waals surface area contributed by atoms with Crippen molar-refractivity contribution in [2.45, 2.75) is 162 Å². The molecule has 0 aromatic heterocycles. The van der Waals surface area contributed by atoms with Gasteiger partial charge in [0.05, 0.1) is 17.5 Å². The van der Waals surface area contributed by atoms with Gasteiger partial charge in [-0.25, -0.2) is 4.79 Å². The van der Waals surface area contributed by atoms with Gasteiger partial charge in [0.1, 0.15) is 12.2 Å². The van der Waals surface area contributed by atoms with E-state index in [1.54, 1.807) is 39.2 Å². The van der Waals surface area contributed by atoms with Gasteiger partial charge in [-0.1, -0.05) is 128 Å². The van der Waals surface area contributed by atoms with Crippen LogP contribution in [0.3, 0.4) is 0 Å². The number of carbonyl (C=O) groups is 5. The van der Waals surface area contributed by atoms with Crippen molar-refractivity contribution in [2.75, 3.05) is 20.8 Å². The largest absolute Gasteiger partial charge is 0.459 e. The molecule has 0 fully saturated rings. The van der Waals surface area contributed by atoms with Crippen LogP contribution in [-0.2, 0) is 38.1 Å². The van der Waals surface area contributed by atoms with E-state index in [1.807, 2.05) is 19.9 Å². The molecule has 2 rings (SSSR count). The second kappa shape index (κ2) is 28.2. The second-order valence-electron chi connectivity index (χ2n) is 16.1. The first-order valence-electron chi connectivity index (χ1n) is 21.7. The molecule has 1 aliphatic heterocycles. The zero-order valence-electron chi connectivity index (χ0n) is 36.9. The first kappa shape index (κ1) is 50.9. The Balaban J connectivity index is 2.38. The summed E-state index contributed by atoms with van der Waals surface area (Å²) in [6.45, 7) is 13.4. The molecule has 0 aromatic carbocycles. The monoisotopic (exact) mass is 824 g/mol. The topological polar surface area (TPSA) is 172 Å². The molecule has 330 valence electrons. The van der Waals surface area contributed by atoms with Crippen LogP contribution < -0.4 is 16.4 Å². The third-order valence-electron chi connectivity index (χ3n) is 10.9. The number of nitrogens with two attached hydrogens (primary N) is 1. The van der Waals surface area contributed by atoms with Gasteiger partial charge in [0.15, 0.2) is 6.10 Å². The molecule has 6 atom stereocenters. The van der Waals surface area contributed by atoms with Crippen molar-refractivity contribution < 1.29 is 42.9 Å². The van der Waals surface area contributed by atoms with Crippen molar-refractivity contribution in [1.29, 1.82) is 0 Å². The van der Waals surface area contributed by atoms with Gasteiger partial charge in [0.2, 0.25) is 11.6 Å². The maximum absolute atomic E-state index is 13.9. The normalized spacial score (nSPS) is 25.8. The minimum atomic E-state index is -1.01. The van der Waals surface area contributed by atoms with Gasteiger partial charge in [-0.05, 0) is 44.6 Å². The molecule has 1 aliphatic carbocycles. The Kier molecular flexibility index (Phi) is 24.3. The lowest BCUT2D eigenvalue weighted by Crippen LogP contribution is -2.40. The average Bonchev–Trinajstić information content (AvgIpc) is 3.19. The SMILES string of the molecule is C=CCNC1=C2C[C@@H](C)C[C@H](OC)[C@H](OC(=O)CCCCCCCCCCCCCCC)[C@@H](C)/C=C(\C)[C@H](OC(N)=O)[C@@H](OC)/C=C\C=C(/C)C(=O)NC(=CC1=O)C2=O. The molecule has 0 radical (unpaired) electrons. The number of hydrogen-bond donors (Lipinski definition) is 3. The molecule has 0 spiro atoms. The standard InChI is InChI=1S/C47H73N3O9/c1-9-11-12-13-14-15-16-17-18-19-20-21-22-26-41(52)58-45-35(6)30-34(5)44(59-47(48)55)39(56-7)25-23-24-33(4)46(54)50-37-31-38(51)42(49-27-10-2)36(43(37)53)28-32(3)29-40(45)57-8/h10,23-25,30-32,35,39-40,44-45,49H,2,9,11-22,26-29H2,1,3-8H3,(H2,48,55)(H,50,54)/b25-23-,33-24+,34-30+/t32-,35+,39+,40+,44+,45-/m1/s1. The van der Waals surface area contributed by atoms with Crippen LogP contribution in [0.1, 0.15) is 137 Å². The van der Waals surface area contributed by atoms with Crippen molar-refractivity contribution in [1.82, 2.24) is 10.6 Å². The number of carbonyl (C=O) groups excluding carboxylic acids is 5. The number of esters is 1. The molecule has 2 aliphatic rings. The van der Waals surface area contributed by atoms with Crippen LogP contribution >= 0.6 is 0 Å². The van der Waals surface area contributed by atoms with E-state index in [2.05, 4.69) is 24.1 Å². The van der Waals surface area contributed by atoms with Crippen molar-refractivity contribution >= 4 is 29.5 Å². The van der Waals surface area contributed by atoms with Crippen LogP contribution in [0, 0.1) is 11.8 Å². The Morgan fingerprint density at radius 2 is 1.53 bits per heavy atom. The van der Waals surface area contributed by atoms with Crippen LogP contribution in [0.25, 0.3) is 0 Å². The van der Waals surface area contributed by atoms with Gasteiger partial charge in [0, 0.05) is 50.3 Å². The summed E-state index contributed by atoms with van der Waals surface area (Å²) in [5.41, 5.74) is 6.58. The molecule has 0 saturated carbocycles. The zero-order chi connectivity index (χ0) is 43.7. The fourth-order valence-electron chi connectivity index (χ4n) is 7.62. The summed E-state index contributed by atoms with van der Waals surface area (Å²) in [5.74, 6) is -2.54. The molecule has 4 N–H and O–H groups in total. The Labute approximate surface area is 353 Å². The van der Waals surface area contributed by atoms with Gasteiger partial charge in [-0.15, -0.1) is 6.58 Å². The lowest BCUT2D eigenvalue weighted by Gasteiger charge is -2.32. The van der Waals surface area contributed by atoms with Crippen LogP contribution in [0.4, 0.5) is 4.79 Å². The number of hydrogen-bond acceptors (Lipinski definition) is 10. The number of fused-ring (bicyclic) bond motifs is 2. The molecule has 12 heteroatoms. The van der Waals surface area contributed by atoms with Crippen LogP contribution in [0.2, 0.25) is 0 Å². The van der Waals surface area contributed by atoms with E-state index in [9.17, 15) is 24.0 Å². The second-order valence-corrected chi connectivity index (χ2v) is 16.1. The molecular formula is C47H73N3O9. The first-order valence-corrected chi connectivity index (χ1v) is 21.7. The fourth-order valence-corrected chi connectivity index (χ4v) is 7.62. The summed E-state index contributed by atoms with van der Waals surface area (Å²) in [7, 11) is 3.00. The number of allylic oxidation sites excluding steroid dienone is 4. The molecule has 2 bridgehead atoms. The Bertz CT molecular complexity index is 1560. The number of primary amides is 1. The molecular weight excluding hydrogens is 751 g/mol. The van der Waals surface area contributed by atoms with Crippen LogP contribution in [-0.4, -0.2) is 74.7 Å². The van der Waals surface area contributed by atoms with Gasteiger partial charge < -0.3 is 35.3 Å². The van der Waals surface area contributed by atoms with Crippen molar-refractivity contribution in [3.05, 3.63) is 71.1 Å². The molecule has 1 heterocycles. The van der Waals surface area contributed by atoms with Gasteiger partial charge in [-0.3, -0.25) is 19.2 Å². The summed E-state index contributed by atoms with van der Waals surface area (Å²) in [6, 6.07) is 0. The summed E-state index contributed by atoms with van der Waals surface area (Å²) < 4.78 is 23.5. The van der Waals surface area contributed by atoms with E-state index in [0.29, 0.717) is 18.4 Å². The molecule has 2 amide bonds. The highest BCUT2D eigenvalue weighted by molar-refractivity contribution is 6.23. The Morgan fingerprint density at radius 3 is 2.08 bits per heavy atom. The van der Waals surface area contributed by atoms with Crippen molar-refractivity contribution in [3.8, 4) is 0 Å². The number of ketones is 2. The average molecular weight is 824 g/mol. The number of Topliss-reactive ketones (excluding diaryl/α,β-unsaturated/α-hetero) is 1. The predicted molar refractivity (Wildman–Crippen MR) is 232 cm³/mol. The minimum absolute atomic E-state index is 0.137. The Hall–Kier alpha value is -4.29. The molecule has 59 heavy (non-hydrogen) atoms. The molecule has 0 aromatic rings. The van der Waals surface area contributed by atoms with Crippen molar-refractivity contribution in [3.63, 3.8) is 0 Å².